The van der Waals surface area contributed by atoms with Gasteiger partial charge in [0.15, 0.2) is 0 Å². The van der Waals surface area contributed by atoms with E-state index in [0.717, 1.165) is 44.7 Å². The summed E-state index contributed by atoms with van der Waals surface area (Å²) in [4.78, 5) is 16.6. The van der Waals surface area contributed by atoms with E-state index < -0.39 is 0 Å². The summed E-state index contributed by atoms with van der Waals surface area (Å²) in [5.74, 6) is 0.741. The lowest BCUT2D eigenvalue weighted by molar-refractivity contribution is 0.0947. The van der Waals surface area contributed by atoms with E-state index >= 15 is 0 Å². The molecule has 2 fully saturated rings. The first-order valence-electron chi connectivity index (χ1n) is 7.88. The maximum Gasteiger partial charge on any atom is 0.320 e. The molecule has 1 N–H and O–H groups in total. The molecule has 0 bridgehead atoms. The molecule has 4 heteroatoms. The van der Waals surface area contributed by atoms with E-state index in [9.17, 15) is 9.90 Å². The molecule has 19 heavy (non-hydrogen) atoms. The monoisotopic (exact) mass is 268 g/mol. The number of likely N-dealkylation sites (tertiary alicyclic amines) is 1. The van der Waals surface area contributed by atoms with Gasteiger partial charge in [0.2, 0.25) is 0 Å². The number of piperidine rings is 1. The molecule has 2 rings (SSSR count). The number of carbonyl (C=O) groups is 1. The Morgan fingerprint density at radius 1 is 1.16 bits per heavy atom. The molecule has 0 unspecified atom stereocenters. The molecule has 1 aliphatic carbocycles. The van der Waals surface area contributed by atoms with Crippen molar-refractivity contribution in [1.82, 2.24) is 9.80 Å². The van der Waals surface area contributed by atoms with Crippen molar-refractivity contribution in [2.75, 3.05) is 26.2 Å². The van der Waals surface area contributed by atoms with Crippen molar-refractivity contribution in [3.63, 3.8) is 0 Å². The summed E-state index contributed by atoms with van der Waals surface area (Å²) >= 11 is 0. The van der Waals surface area contributed by atoms with Crippen molar-refractivity contribution in [2.45, 2.75) is 57.9 Å². The molecule has 4 nitrogen and oxygen atoms in total. The Morgan fingerprint density at radius 3 is 2.37 bits per heavy atom. The largest absolute Gasteiger partial charge is 0.395 e. The van der Waals surface area contributed by atoms with E-state index in [-0.39, 0.29) is 12.6 Å². The van der Waals surface area contributed by atoms with Crippen LogP contribution < -0.4 is 0 Å². The third-order valence-corrected chi connectivity index (χ3v) is 4.66. The quantitative estimate of drug-likeness (QED) is 0.854. The van der Waals surface area contributed by atoms with Crippen LogP contribution >= 0.6 is 0 Å². The van der Waals surface area contributed by atoms with E-state index in [1.807, 2.05) is 9.80 Å². The molecular weight excluding hydrogens is 240 g/mol. The van der Waals surface area contributed by atoms with Crippen molar-refractivity contribution in [3.8, 4) is 0 Å². The van der Waals surface area contributed by atoms with Crippen molar-refractivity contribution >= 4 is 6.03 Å². The number of amides is 2. The first kappa shape index (κ1) is 14.6. The molecule has 0 spiro atoms. The predicted molar refractivity (Wildman–Crippen MR) is 76.0 cm³/mol. The molecule has 1 aliphatic heterocycles. The second-order valence-corrected chi connectivity index (χ2v) is 6.16. The van der Waals surface area contributed by atoms with Gasteiger partial charge in [-0.2, -0.15) is 0 Å². The number of urea groups is 1. The van der Waals surface area contributed by atoms with Crippen LogP contribution in [0.5, 0.6) is 0 Å². The minimum absolute atomic E-state index is 0.0759. The Labute approximate surface area is 116 Å². The Hall–Kier alpha value is -0.770. The first-order chi connectivity index (χ1) is 9.22. The van der Waals surface area contributed by atoms with Gasteiger partial charge < -0.3 is 14.9 Å². The average molecular weight is 268 g/mol. The maximum absolute atomic E-state index is 12.6. The van der Waals surface area contributed by atoms with E-state index in [2.05, 4.69) is 6.92 Å². The third-order valence-electron chi connectivity index (χ3n) is 4.66. The summed E-state index contributed by atoms with van der Waals surface area (Å²) in [5.41, 5.74) is 0. The van der Waals surface area contributed by atoms with Crippen LogP contribution in [0.25, 0.3) is 0 Å². The van der Waals surface area contributed by atoms with Gasteiger partial charge in [-0.1, -0.05) is 26.2 Å². The van der Waals surface area contributed by atoms with Crippen LogP contribution in [-0.2, 0) is 0 Å². The van der Waals surface area contributed by atoms with E-state index in [1.54, 1.807) is 0 Å². The van der Waals surface area contributed by atoms with Crippen LogP contribution in [0.1, 0.15) is 51.9 Å². The lowest BCUT2D eigenvalue weighted by Gasteiger charge is -2.39. The number of aliphatic hydroxyl groups excluding tert-OH is 1. The van der Waals surface area contributed by atoms with Crippen LogP contribution in [-0.4, -0.2) is 53.2 Å². The summed E-state index contributed by atoms with van der Waals surface area (Å²) < 4.78 is 0. The first-order valence-corrected chi connectivity index (χ1v) is 7.88. The molecule has 0 aromatic heterocycles. The number of aliphatic hydroxyl groups is 1. The topological polar surface area (TPSA) is 43.8 Å². The number of rotatable bonds is 3. The highest BCUT2D eigenvalue weighted by molar-refractivity contribution is 5.75. The highest BCUT2D eigenvalue weighted by atomic mass is 16.3. The second-order valence-electron chi connectivity index (χ2n) is 6.16. The number of carbonyl (C=O) groups excluding carboxylic acids is 1. The van der Waals surface area contributed by atoms with Gasteiger partial charge in [0.1, 0.15) is 0 Å². The van der Waals surface area contributed by atoms with E-state index in [1.165, 1.54) is 19.3 Å². The highest BCUT2D eigenvalue weighted by Crippen LogP contribution is 2.25. The molecule has 1 saturated carbocycles. The molecule has 0 radical (unpaired) electrons. The van der Waals surface area contributed by atoms with Crippen LogP contribution in [0, 0.1) is 5.92 Å². The fraction of sp³-hybridized carbons (Fsp3) is 0.933. The van der Waals surface area contributed by atoms with Gasteiger partial charge in [-0.3, -0.25) is 0 Å². The molecule has 0 aromatic rings. The zero-order chi connectivity index (χ0) is 13.7. The minimum Gasteiger partial charge on any atom is -0.395 e. The van der Waals surface area contributed by atoms with Crippen molar-refractivity contribution in [3.05, 3.63) is 0 Å². The summed E-state index contributed by atoms with van der Waals surface area (Å²) in [6.07, 6.45) is 8.17. The van der Waals surface area contributed by atoms with Gasteiger partial charge >= 0.3 is 6.03 Å². The SMILES string of the molecule is CC1CCN(C(=O)N(CCO)C2CCCCC2)CC1. The summed E-state index contributed by atoms with van der Waals surface area (Å²) in [7, 11) is 0. The number of hydrogen-bond acceptors (Lipinski definition) is 2. The zero-order valence-corrected chi connectivity index (χ0v) is 12.2. The maximum atomic E-state index is 12.6. The number of hydrogen-bond donors (Lipinski definition) is 1. The van der Waals surface area contributed by atoms with Crippen molar-refractivity contribution in [1.29, 1.82) is 0 Å². The van der Waals surface area contributed by atoms with Gasteiger partial charge in [0.25, 0.3) is 0 Å². The normalized spacial score (nSPS) is 22.5. The van der Waals surface area contributed by atoms with Crippen LogP contribution in [0.2, 0.25) is 0 Å². The Kier molecular flexibility index (Phi) is 5.49. The van der Waals surface area contributed by atoms with Crippen molar-refractivity contribution < 1.29 is 9.90 Å². The molecule has 0 atom stereocenters. The minimum atomic E-state index is 0.0759. The molecule has 1 heterocycles. The van der Waals surface area contributed by atoms with E-state index in [4.69, 9.17) is 0 Å². The van der Waals surface area contributed by atoms with Crippen LogP contribution in [0.15, 0.2) is 0 Å². The standard InChI is InChI=1S/C15H28N2O2/c1-13-7-9-16(10-8-13)15(19)17(11-12-18)14-5-3-2-4-6-14/h13-14,18H,2-12H2,1H3. The van der Waals surface area contributed by atoms with Gasteiger partial charge in [-0.15, -0.1) is 0 Å². The third kappa shape index (κ3) is 3.85. The molecule has 110 valence electrons. The fourth-order valence-electron chi connectivity index (χ4n) is 3.32. The summed E-state index contributed by atoms with van der Waals surface area (Å²) in [6.45, 7) is 4.60. The summed E-state index contributed by atoms with van der Waals surface area (Å²) in [6, 6.07) is 0.514. The van der Waals surface area contributed by atoms with Crippen LogP contribution in [0.3, 0.4) is 0 Å². The second kappa shape index (κ2) is 7.13. The Morgan fingerprint density at radius 2 is 1.79 bits per heavy atom. The van der Waals surface area contributed by atoms with E-state index in [0.29, 0.717) is 12.6 Å². The predicted octanol–water partition coefficient (Wildman–Crippen LogP) is 2.47. The van der Waals surface area contributed by atoms with Gasteiger partial charge in [0, 0.05) is 25.7 Å². The van der Waals surface area contributed by atoms with Crippen LogP contribution in [0.4, 0.5) is 4.79 Å². The summed E-state index contributed by atoms with van der Waals surface area (Å²) in [5, 5.41) is 9.24. The van der Waals surface area contributed by atoms with Gasteiger partial charge in [0.05, 0.1) is 6.61 Å². The lowest BCUT2D eigenvalue weighted by atomic mass is 9.94. The number of nitrogens with zero attached hydrogens (tertiary/aromatic N) is 2. The Balaban J connectivity index is 1.95. The van der Waals surface area contributed by atoms with Gasteiger partial charge in [-0.05, 0) is 31.6 Å². The Bertz CT molecular complexity index is 282. The molecule has 0 aromatic carbocycles. The lowest BCUT2D eigenvalue weighted by Crippen LogP contribution is -2.51. The molecule has 2 aliphatic rings. The molecule has 1 saturated heterocycles. The zero-order valence-electron chi connectivity index (χ0n) is 12.2. The highest BCUT2D eigenvalue weighted by Gasteiger charge is 2.29. The average Bonchev–Trinajstić information content (AvgIpc) is 2.46. The van der Waals surface area contributed by atoms with Gasteiger partial charge in [-0.25, -0.2) is 4.79 Å². The molecule has 2 amide bonds. The van der Waals surface area contributed by atoms with Crippen molar-refractivity contribution in [2.24, 2.45) is 5.92 Å². The fourth-order valence-corrected chi connectivity index (χ4v) is 3.32. The molecular formula is C15H28N2O2. The smallest absolute Gasteiger partial charge is 0.320 e.